The number of esters is 2. The fourth-order valence-corrected chi connectivity index (χ4v) is 8.75. The Labute approximate surface area is 317 Å². The molecule has 0 aromatic rings. The van der Waals surface area contributed by atoms with Crippen LogP contribution in [0.4, 0.5) is 0 Å². The monoisotopic (exact) mass is 738 g/mol. The van der Waals surface area contributed by atoms with Crippen molar-refractivity contribution >= 4 is 29.8 Å². The van der Waals surface area contributed by atoms with Crippen molar-refractivity contribution in [1.82, 2.24) is 15.1 Å². The quantitative estimate of drug-likeness (QED) is 0.0452. The van der Waals surface area contributed by atoms with E-state index in [0.29, 0.717) is 49.8 Å². The van der Waals surface area contributed by atoms with Crippen LogP contribution in [0.2, 0.25) is 0 Å². The Morgan fingerprint density at radius 2 is 1.51 bits per heavy atom. The summed E-state index contributed by atoms with van der Waals surface area (Å²) in [5.74, 6) is 1.10. The smallest absolute Gasteiger partial charge is 0.337 e. The van der Waals surface area contributed by atoms with Crippen LogP contribution in [0.5, 0.6) is 0 Å². The number of guanidine groups is 3. The molecular weight excluding hydrogens is 670 g/mol. The third-order valence-corrected chi connectivity index (χ3v) is 11.5. The lowest BCUT2D eigenvalue weighted by molar-refractivity contribution is -0.140. The lowest BCUT2D eigenvalue weighted by Gasteiger charge is -2.42. The molecule has 0 radical (unpaired) electrons. The van der Waals surface area contributed by atoms with Gasteiger partial charge in [-0.05, 0) is 71.1 Å². The summed E-state index contributed by atoms with van der Waals surface area (Å²) in [6.07, 6.45) is 22.1. The lowest BCUT2D eigenvalue weighted by atomic mass is 9.96. The molecule has 13 nitrogen and oxygen atoms in total. The molecule has 5 heterocycles. The predicted octanol–water partition coefficient (Wildman–Crippen LogP) is 5.49. The Kier molecular flexibility index (Phi) is 15.7. The normalized spacial score (nSPS) is 23.3. The molecule has 2 fully saturated rings. The molecule has 5 rings (SSSR count). The van der Waals surface area contributed by atoms with E-state index in [1.807, 2.05) is 11.8 Å². The van der Waals surface area contributed by atoms with Gasteiger partial charge in [0.1, 0.15) is 0 Å². The fourth-order valence-electron chi connectivity index (χ4n) is 8.75. The van der Waals surface area contributed by atoms with Crippen molar-refractivity contribution in [2.75, 3.05) is 26.3 Å². The minimum Gasteiger partial charge on any atom is -0.462 e. The van der Waals surface area contributed by atoms with Gasteiger partial charge in [-0.3, -0.25) is 4.99 Å². The van der Waals surface area contributed by atoms with E-state index in [4.69, 9.17) is 36.7 Å². The lowest BCUT2D eigenvalue weighted by Crippen LogP contribution is -2.56. The van der Waals surface area contributed by atoms with E-state index in [2.05, 4.69) is 22.1 Å². The first-order chi connectivity index (χ1) is 25.8. The summed E-state index contributed by atoms with van der Waals surface area (Å²) in [7, 11) is 0. The first-order valence-electron chi connectivity index (χ1n) is 20.9. The molecule has 53 heavy (non-hydrogen) atoms. The Morgan fingerprint density at radius 3 is 2.25 bits per heavy atom. The summed E-state index contributed by atoms with van der Waals surface area (Å²) in [6.45, 7) is 6.34. The molecule has 5 aliphatic rings. The second kappa shape index (κ2) is 20.6. The average molecular weight is 738 g/mol. The minimum atomic E-state index is -0.281. The molecule has 0 aromatic carbocycles. The van der Waals surface area contributed by atoms with E-state index in [9.17, 15) is 9.59 Å². The van der Waals surface area contributed by atoms with Crippen LogP contribution in [0.1, 0.15) is 149 Å². The van der Waals surface area contributed by atoms with Gasteiger partial charge in [-0.15, -0.1) is 0 Å². The highest BCUT2D eigenvalue weighted by Gasteiger charge is 2.46. The number of aliphatic imine (C=N–C) groups is 3. The van der Waals surface area contributed by atoms with Crippen LogP contribution in [0.15, 0.2) is 37.5 Å². The number of rotatable bonds is 23. The molecule has 0 bridgehead atoms. The van der Waals surface area contributed by atoms with Crippen LogP contribution in [0.25, 0.3) is 0 Å². The summed E-state index contributed by atoms with van der Waals surface area (Å²) in [6, 6.07) is 0.669. The summed E-state index contributed by atoms with van der Waals surface area (Å²) >= 11 is 0. The summed E-state index contributed by atoms with van der Waals surface area (Å²) in [4.78, 5) is 44.7. The largest absolute Gasteiger partial charge is 0.462 e. The van der Waals surface area contributed by atoms with Crippen molar-refractivity contribution in [3.05, 3.63) is 22.5 Å². The maximum absolute atomic E-state index is 13.3. The van der Waals surface area contributed by atoms with Gasteiger partial charge in [-0.2, -0.15) is 0 Å². The van der Waals surface area contributed by atoms with Crippen molar-refractivity contribution in [3.63, 3.8) is 0 Å². The number of nitrogens with two attached hydrogens (primary N) is 3. The number of carbonyl (C=O) groups excluding carboxylic acids is 2. The molecule has 0 spiro atoms. The van der Waals surface area contributed by atoms with Crippen molar-refractivity contribution < 1.29 is 19.1 Å². The highest BCUT2D eigenvalue weighted by atomic mass is 16.5. The highest BCUT2D eigenvalue weighted by molar-refractivity contribution is 5.97. The van der Waals surface area contributed by atoms with Crippen LogP contribution in [-0.4, -0.2) is 90.1 Å². The van der Waals surface area contributed by atoms with E-state index < -0.39 is 0 Å². The molecule has 2 saturated heterocycles. The van der Waals surface area contributed by atoms with Crippen LogP contribution in [0, 0.1) is 0 Å². The SMILES string of the molecule is CCCCCCCC1CC2CCC3C(C(=O)OCCCCCCCCCC4N=C(N)N5CCCC5=C4C(=O)OCCCCN=C(N)N)=C(C)NC(=N1)N23. The third kappa shape index (κ3) is 11.1. The molecule has 0 saturated carbocycles. The topological polar surface area (TPSA) is 186 Å². The number of allylic oxidation sites excluding steroid dienone is 2. The Morgan fingerprint density at radius 1 is 0.849 bits per heavy atom. The summed E-state index contributed by atoms with van der Waals surface area (Å²) in [5, 5.41) is 3.49. The van der Waals surface area contributed by atoms with E-state index in [0.717, 1.165) is 126 Å². The van der Waals surface area contributed by atoms with Crippen LogP contribution >= 0.6 is 0 Å². The Bertz CT molecular complexity index is 1400. The number of hydrogen-bond donors (Lipinski definition) is 4. The number of fused-ring (bicyclic) bond motifs is 1. The first-order valence-corrected chi connectivity index (χ1v) is 20.9. The number of nitrogens with one attached hydrogen (secondary N) is 1. The maximum atomic E-state index is 13.3. The fraction of sp³-hybridized carbons (Fsp3) is 0.775. The molecule has 5 aliphatic heterocycles. The zero-order valence-corrected chi connectivity index (χ0v) is 32.6. The molecule has 4 atom stereocenters. The van der Waals surface area contributed by atoms with Gasteiger partial charge in [-0.1, -0.05) is 77.6 Å². The molecular formula is C40H67N9O4. The van der Waals surface area contributed by atoms with Crippen LogP contribution in [-0.2, 0) is 19.1 Å². The van der Waals surface area contributed by atoms with E-state index >= 15 is 0 Å². The molecule has 13 heteroatoms. The third-order valence-electron chi connectivity index (χ3n) is 11.5. The van der Waals surface area contributed by atoms with E-state index in [1.165, 1.54) is 32.1 Å². The molecule has 0 aliphatic carbocycles. The molecule has 0 aromatic heterocycles. The molecule has 0 amide bonds. The number of carbonyl (C=O) groups is 2. The summed E-state index contributed by atoms with van der Waals surface area (Å²) in [5.41, 5.74) is 20.4. The average Bonchev–Trinajstić information content (AvgIpc) is 3.79. The van der Waals surface area contributed by atoms with Gasteiger partial charge in [0.2, 0.25) is 0 Å². The van der Waals surface area contributed by atoms with Crippen LogP contribution < -0.4 is 22.5 Å². The van der Waals surface area contributed by atoms with Gasteiger partial charge < -0.3 is 41.8 Å². The van der Waals surface area contributed by atoms with Crippen molar-refractivity contribution in [2.45, 2.75) is 173 Å². The number of nitrogens with zero attached hydrogens (tertiary/aromatic N) is 5. The van der Waals surface area contributed by atoms with Gasteiger partial charge in [0.25, 0.3) is 0 Å². The van der Waals surface area contributed by atoms with Crippen LogP contribution in [0.3, 0.4) is 0 Å². The number of unbranched alkanes of at least 4 members (excludes halogenated alkanes) is 11. The van der Waals surface area contributed by atoms with E-state index in [1.54, 1.807) is 0 Å². The Balaban J connectivity index is 0.967. The molecule has 4 unspecified atom stereocenters. The van der Waals surface area contributed by atoms with Gasteiger partial charge >= 0.3 is 11.9 Å². The zero-order chi connectivity index (χ0) is 37.6. The second-order valence-corrected chi connectivity index (χ2v) is 15.5. The highest BCUT2D eigenvalue weighted by Crippen LogP contribution is 2.39. The first kappa shape index (κ1) is 40.4. The van der Waals surface area contributed by atoms with Gasteiger partial charge in [0, 0.05) is 30.5 Å². The molecule has 7 N–H and O–H groups in total. The van der Waals surface area contributed by atoms with Crippen molar-refractivity contribution in [2.24, 2.45) is 32.2 Å². The second-order valence-electron chi connectivity index (χ2n) is 15.5. The standard InChI is InChI=1S/C40H67N9O4/c1-3-4-5-9-12-18-29-27-30-21-22-33-34(28(2)45-40(46-29)49(30)33)36(50)52-25-15-11-8-6-7-10-13-19-31-35(32-20-17-24-48(32)39(43)47-31)37(51)53-26-16-14-23-44-38(41)42/h29-31,33H,3-27H2,1-2H3,(H2,43,47)(H,45,46)(H4,41,42,44). The minimum absolute atomic E-state index is 0.0734. The van der Waals surface area contributed by atoms with Gasteiger partial charge in [0.05, 0.1) is 42.5 Å². The van der Waals surface area contributed by atoms with Gasteiger partial charge in [-0.25, -0.2) is 19.6 Å². The number of ether oxygens (including phenoxy) is 2. The zero-order valence-electron chi connectivity index (χ0n) is 32.6. The van der Waals surface area contributed by atoms with Crippen molar-refractivity contribution in [3.8, 4) is 0 Å². The molecule has 296 valence electrons. The van der Waals surface area contributed by atoms with Gasteiger partial charge in [0.15, 0.2) is 17.9 Å². The predicted molar refractivity (Wildman–Crippen MR) is 211 cm³/mol. The number of hydrogen-bond acceptors (Lipinski definition) is 11. The maximum Gasteiger partial charge on any atom is 0.337 e. The summed E-state index contributed by atoms with van der Waals surface area (Å²) < 4.78 is 11.5. The van der Waals surface area contributed by atoms with E-state index in [-0.39, 0.29) is 30.0 Å². The van der Waals surface area contributed by atoms with Crippen molar-refractivity contribution in [1.29, 1.82) is 0 Å². The Hall–Kier alpha value is -3.77.